The third-order valence-corrected chi connectivity index (χ3v) is 4.88. The number of thioether (sulfide) groups is 1. The van der Waals surface area contributed by atoms with E-state index in [0.717, 1.165) is 0 Å². The summed E-state index contributed by atoms with van der Waals surface area (Å²) in [5.41, 5.74) is -0.0756. The third-order valence-electron chi connectivity index (χ3n) is 3.47. The Morgan fingerprint density at radius 1 is 1.36 bits per heavy atom. The van der Waals surface area contributed by atoms with E-state index in [1.807, 2.05) is 0 Å². The van der Waals surface area contributed by atoms with Crippen LogP contribution in [0.2, 0.25) is 0 Å². The van der Waals surface area contributed by atoms with Crippen molar-refractivity contribution in [3.8, 4) is 5.75 Å². The van der Waals surface area contributed by atoms with Gasteiger partial charge < -0.3 is 10.1 Å². The zero-order valence-electron chi connectivity index (χ0n) is 11.5. The number of carbonyl (C=O) groups excluding carboxylic acids is 1. The van der Waals surface area contributed by atoms with Gasteiger partial charge >= 0.3 is 12.2 Å². The Hall–Kier alpha value is -1.90. The van der Waals surface area contributed by atoms with Crippen molar-refractivity contribution in [2.75, 3.05) is 20.2 Å². The van der Waals surface area contributed by atoms with Gasteiger partial charge in [0.1, 0.15) is 5.75 Å². The van der Waals surface area contributed by atoms with Gasteiger partial charge in [-0.05, 0) is 29.5 Å². The Labute approximate surface area is 128 Å². The zero-order chi connectivity index (χ0) is 16.0. The van der Waals surface area contributed by atoms with E-state index < -0.39 is 17.1 Å². The number of rotatable bonds is 2. The van der Waals surface area contributed by atoms with Crippen LogP contribution >= 0.6 is 11.8 Å². The van der Waals surface area contributed by atoms with Gasteiger partial charge in [-0.2, -0.15) is 13.2 Å². The summed E-state index contributed by atoms with van der Waals surface area (Å²) in [7, 11) is 1.43. The molecule has 1 aromatic rings. The smallest absolute Gasteiger partial charge is 0.425 e. The number of nitrogens with one attached hydrogen (secondary N) is 1. The number of aliphatic imine (C=N–C) groups is 1. The van der Waals surface area contributed by atoms with E-state index in [1.165, 1.54) is 36.3 Å². The maximum atomic E-state index is 13.8. The van der Waals surface area contributed by atoms with Gasteiger partial charge in [0.25, 0.3) is 0 Å². The molecule has 1 atom stereocenters. The molecule has 0 saturated carbocycles. The van der Waals surface area contributed by atoms with Crippen LogP contribution in [0.4, 0.5) is 18.0 Å². The lowest BCUT2D eigenvalue weighted by Gasteiger charge is -2.41. The second-order valence-electron chi connectivity index (χ2n) is 4.76. The van der Waals surface area contributed by atoms with Crippen molar-refractivity contribution in [2.24, 2.45) is 4.99 Å². The molecule has 0 aromatic heterocycles. The van der Waals surface area contributed by atoms with Crippen molar-refractivity contribution in [1.82, 2.24) is 10.2 Å². The predicted octanol–water partition coefficient (Wildman–Crippen LogP) is 2.54. The summed E-state index contributed by atoms with van der Waals surface area (Å²) in [5, 5.41) is 2.19. The lowest BCUT2D eigenvalue weighted by atomic mass is 10.1. The van der Waals surface area contributed by atoms with Crippen LogP contribution in [0.25, 0.3) is 0 Å². The highest BCUT2D eigenvalue weighted by atomic mass is 32.2. The maximum absolute atomic E-state index is 13.8. The zero-order valence-corrected chi connectivity index (χ0v) is 12.3. The molecular formula is C13H12F3N3O2S. The van der Waals surface area contributed by atoms with E-state index in [4.69, 9.17) is 4.74 Å². The molecule has 3 rings (SSSR count). The van der Waals surface area contributed by atoms with Crippen LogP contribution in [0.5, 0.6) is 5.75 Å². The van der Waals surface area contributed by atoms with Crippen LogP contribution in [0.1, 0.15) is 5.56 Å². The van der Waals surface area contributed by atoms with Crippen LogP contribution in [-0.4, -0.2) is 42.5 Å². The average molecular weight is 331 g/mol. The number of benzene rings is 1. The Kier molecular flexibility index (Phi) is 3.47. The SMILES string of the molecule is COc1ccc(C2(C(F)(F)F)NC(=O)N3CCN=C3S2)cc1. The van der Waals surface area contributed by atoms with Gasteiger partial charge in [-0.1, -0.05) is 12.1 Å². The third kappa shape index (κ3) is 2.20. The lowest BCUT2D eigenvalue weighted by molar-refractivity contribution is -0.167. The lowest BCUT2D eigenvalue weighted by Crippen LogP contribution is -2.62. The first-order valence-electron chi connectivity index (χ1n) is 6.42. The first kappa shape index (κ1) is 15.0. The number of alkyl halides is 3. The van der Waals surface area contributed by atoms with Crippen molar-refractivity contribution >= 4 is 23.0 Å². The molecule has 1 N–H and O–H groups in total. The molecule has 5 nitrogen and oxygen atoms in total. The molecule has 0 radical (unpaired) electrons. The summed E-state index contributed by atoms with van der Waals surface area (Å²) in [6, 6.07) is 4.66. The fourth-order valence-electron chi connectivity index (χ4n) is 2.33. The van der Waals surface area contributed by atoms with Crippen molar-refractivity contribution in [3.05, 3.63) is 29.8 Å². The number of amides is 2. The molecular weight excluding hydrogens is 319 g/mol. The first-order chi connectivity index (χ1) is 10.4. The van der Waals surface area contributed by atoms with Crippen molar-refractivity contribution in [2.45, 2.75) is 11.0 Å². The van der Waals surface area contributed by atoms with Crippen molar-refractivity contribution in [1.29, 1.82) is 0 Å². The molecule has 2 amide bonds. The molecule has 22 heavy (non-hydrogen) atoms. The fourth-order valence-corrected chi connectivity index (χ4v) is 3.55. The minimum absolute atomic E-state index is 0.0756. The molecule has 1 aromatic carbocycles. The monoisotopic (exact) mass is 331 g/mol. The maximum Gasteiger partial charge on any atom is 0.425 e. The van der Waals surface area contributed by atoms with Crippen LogP contribution in [0, 0.1) is 0 Å². The van der Waals surface area contributed by atoms with Gasteiger partial charge in [0.2, 0.25) is 4.87 Å². The number of hydrogen-bond acceptors (Lipinski definition) is 4. The molecule has 1 saturated heterocycles. The number of urea groups is 1. The molecule has 0 bridgehead atoms. The number of methoxy groups -OCH3 is 1. The highest BCUT2D eigenvalue weighted by Gasteiger charge is 2.62. The fraction of sp³-hybridized carbons (Fsp3) is 0.385. The van der Waals surface area contributed by atoms with Gasteiger partial charge in [0.15, 0.2) is 5.17 Å². The topological polar surface area (TPSA) is 53.9 Å². The van der Waals surface area contributed by atoms with Gasteiger partial charge in [0.05, 0.1) is 13.7 Å². The molecule has 9 heteroatoms. The van der Waals surface area contributed by atoms with E-state index in [2.05, 4.69) is 10.3 Å². The van der Waals surface area contributed by atoms with Gasteiger partial charge in [-0.15, -0.1) is 0 Å². The summed E-state index contributed by atoms with van der Waals surface area (Å²) in [4.78, 5) is 14.7. The van der Waals surface area contributed by atoms with Gasteiger partial charge in [-0.3, -0.25) is 9.89 Å². The highest BCUT2D eigenvalue weighted by molar-refractivity contribution is 8.14. The Morgan fingerprint density at radius 3 is 2.64 bits per heavy atom. The van der Waals surface area contributed by atoms with E-state index in [9.17, 15) is 18.0 Å². The molecule has 2 aliphatic heterocycles. The van der Waals surface area contributed by atoms with Crippen LogP contribution in [0.3, 0.4) is 0 Å². The second kappa shape index (κ2) is 5.08. The summed E-state index contributed by atoms with van der Waals surface area (Å²) in [5.74, 6) is 0.438. The molecule has 0 aliphatic carbocycles. The second-order valence-corrected chi connectivity index (χ2v) is 5.94. The number of halogens is 3. The molecule has 2 heterocycles. The predicted molar refractivity (Wildman–Crippen MR) is 75.9 cm³/mol. The summed E-state index contributed by atoms with van der Waals surface area (Å²) in [6.45, 7) is 0.608. The number of hydrogen-bond donors (Lipinski definition) is 1. The van der Waals surface area contributed by atoms with Crippen LogP contribution in [-0.2, 0) is 4.87 Å². The van der Waals surface area contributed by atoms with Gasteiger partial charge in [0, 0.05) is 6.54 Å². The summed E-state index contributed by atoms with van der Waals surface area (Å²) < 4.78 is 46.2. The van der Waals surface area contributed by atoms with Gasteiger partial charge in [-0.25, -0.2) is 4.79 Å². The molecule has 2 aliphatic rings. The first-order valence-corrected chi connectivity index (χ1v) is 7.23. The number of nitrogens with zero attached hydrogens (tertiary/aromatic N) is 2. The number of carbonyl (C=O) groups is 1. The van der Waals surface area contributed by atoms with Crippen LogP contribution < -0.4 is 10.1 Å². The molecule has 118 valence electrons. The quantitative estimate of drug-likeness (QED) is 0.906. The van der Waals surface area contributed by atoms with E-state index in [1.54, 1.807) is 0 Å². The van der Waals surface area contributed by atoms with E-state index in [-0.39, 0.29) is 10.7 Å². The van der Waals surface area contributed by atoms with Crippen LogP contribution in [0.15, 0.2) is 29.3 Å². The minimum atomic E-state index is -4.68. The standard InChI is InChI=1S/C13H12F3N3O2S/c1-21-9-4-2-8(3-5-9)12(13(14,15)16)18-10(20)19-7-6-17-11(19)22-12/h2-5H,6-7H2,1H3,(H,18,20). The van der Waals surface area contributed by atoms with Crippen molar-refractivity contribution < 1.29 is 22.7 Å². The minimum Gasteiger partial charge on any atom is -0.497 e. The number of fused-ring (bicyclic) bond motifs is 1. The van der Waals surface area contributed by atoms with Crippen molar-refractivity contribution in [3.63, 3.8) is 0 Å². The van der Waals surface area contributed by atoms with E-state index >= 15 is 0 Å². The summed E-state index contributed by atoms with van der Waals surface area (Å²) >= 11 is 0.505. The summed E-state index contributed by atoms with van der Waals surface area (Å²) in [6.07, 6.45) is -4.68. The largest absolute Gasteiger partial charge is 0.497 e. The number of amidine groups is 1. The number of ether oxygens (including phenoxy) is 1. The normalized spacial score (nSPS) is 24.6. The van der Waals surface area contributed by atoms with E-state index in [0.29, 0.717) is 30.6 Å². The molecule has 0 spiro atoms. The Bertz CT molecular complexity index is 632. The highest BCUT2D eigenvalue weighted by Crippen LogP contribution is 2.50. The average Bonchev–Trinajstić information content (AvgIpc) is 2.95. The Balaban J connectivity index is 2.07. The molecule has 1 unspecified atom stereocenters. The Morgan fingerprint density at radius 2 is 2.05 bits per heavy atom. The molecule has 1 fully saturated rings.